The molecule has 100 valence electrons. The summed E-state index contributed by atoms with van der Waals surface area (Å²) in [4.78, 5) is 0. The van der Waals surface area contributed by atoms with E-state index in [0.29, 0.717) is 0 Å². The third kappa shape index (κ3) is 2.14. The highest BCUT2D eigenvalue weighted by molar-refractivity contribution is 9.10. The molecule has 0 heterocycles. The van der Waals surface area contributed by atoms with Gasteiger partial charge in [-0.3, -0.25) is 0 Å². The normalized spacial score (nSPS) is 11.1. The summed E-state index contributed by atoms with van der Waals surface area (Å²) >= 11 is 3.80. The van der Waals surface area contributed by atoms with Gasteiger partial charge in [-0.1, -0.05) is 66.7 Å². The van der Waals surface area contributed by atoms with Crippen molar-refractivity contribution in [2.45, 2.75) is 0 Å². The van der Waals surface area contributed by atoms with Gasteiger partial charge in [0.15, 0.2) is 0 Å². The lowest BCUT2D eigenvalue weighted by molar-refractivity contribution is 1.62. The molecule has 0 N–H and O–H groups in total. The smallest absolute Gasteiger partial charge is 0.0332 e. The average Bonchev–Trinajstić information content (AvgIpc) is 2.55. The van der Waals surface area contributed by atoms with Crippen LogP contribution in [-0.2, 0) is 0 Å². The lowest BCUT2D eigenvalue weighted by Gasteiger charge is -2.10. The van der Waals surface area contributed by atoms with Crippen molar-refractivity contribution in [1.82, 2.24) is 0 Å². The van der Waals surface area contributed by atoms with Crippen molar-refractivity contribution >= 4 is 37.5 Å². The van der Waals surface area contributed by atoms with Crippen LogP contribution in [0.5, 0.6) is 0 Å². The van der Waals surface area contributed by atoms with E-state index < -0.39 is 0 Å². The van der Waals surface area contributed by atoms with Crippen LogP contribution in [0.25, 0.3) is 32.7 Å². The van der Waals surface area contributed by atoms with Crippen LogP contribution >= 0.6 is 15.9 Å². The summed E-state index contributed by atoms with van der Waals surface area (Å²) in [5, 5.41) is 5.08. The van der Waals surface area contributed by atoms with Crippen molar-refractivity contribution in [2.75, 3.05) is 0 Å². The van der Waals surface area contributed by atoms with Crippen LogP contribution in [0.4, 0.5) is 0 Å². The predicted octanol–water partition coefficient (Wildman–Crippen LogP) is 6.42. The standard InChI is InChI=1S/C20H13Br/c21-20-18(14-6-2-1-3-7-14)11-10-17-12-15-8-4-5-9-16(15)13-19(17)20/h1-13H. The van der Waals surface area contributed by atoms with E-state index in [-0.39, 0.29) is 0 Å². The first-order valence-electron chi connectivity index (χ1n) is 6.99. The van der Waals surface area contributed by atoms with E-state index in [1.165, 1.54) is 32.7 Å². The zero-order chi connectivity index (χ0) is 14.2. The number of halogens is 1. The van der Waals surface area contributed by atoms with E-state index in [9.17, 15) is 0 Å². The Morgan fingerprint density at radius 2 is 1.24 bits per heavy atom. The molecular formula is C20H13Br. The first kappa shape index (κ1) is 12.6. The van der Waals surface area contributed by atoms with Gasteiger partial charge in [0.05, 0.1) is 0 Å². The Bertz CT molecular complexity index is 940. The molecule has 4 rings (SSSR count). The molecule has 0 spiro atoms. The summed E-state index contributed by atoms with van der Waals surface area (Å²) in [6.45, 7) is 0. The molecule has 0 saturated carbocycles. The Kier molecular flexibility index (Phi) is 3.01. The van der Waals surface area contributed by atoms with Gasteiger partial charge >= 0.3 is 0 Å². The van der Waals surface area contributed by atoms with Crippen molar-refractivity contribution in [2.24, 2.45) is 0 Å². The Labute approximate surface area is 132 Å². The predicted molar refractivity (Wildman–Crippen MR) is 94.6 cm³/mol. The number of fused-ring (bicyclic) bond motifs is 2. The summed E-state index contributed by atoms with van der Waals surface area (Å²) in [6, 6.07) is 27.9. The van der Waals surface area contributed by atoms with Crippen LogP contribution in [0.3, 0.4) is 0 Å². The Morgan fingerprint density at radius 3 is 2.00 bits per heavy atom. The third-order valence-corrected chi connectivity index (χ3v) is 4.76. The van der Waals surface area contributed by atoms with Crippen LogP contribution in [0, 0.1) is 0 Å². The van der Waals surface area contributed by atoms with Gasteiger partial charge in [0.1, 0.15) is 0 Å². The van der Waals surface area contributed by atoms with Crippen LogP contribution in [-0.4, -0.2) is 0 Å². The molecule has 0 saturated heterocycles. The number of hydrogen-bond donors (Lipinski definition) is 0. The van der Waals surface area contributed by atoms with Crippen LogP contribution in [0.15, 0.2) is 83.3 Å². The molecule has 0 amide bonds. The van der Waals surface area contributed by atoms with E-state index in [4.69, 9.17) is 0 Å². The van der Waals surface area contributed by atoms with Gasteiger partial charge in [0.25, 0.3) is 0 Å². The molecule has 0 aliphatic rings. The summed E-state index contributed by atoms with van der Waals surface area (Å²) in [5.41, 5.74) is 2.47. The maximum atomic E-state index is 3.80. The Balaban J connectivity index is 2.04. The topological polar surface area (TPSA) is 0 Å². The molecule has 0 aliphatic carbocycles. The Hall–Kier alpha value is -2.12. The largest absolute Gasteiger partial charge is 0.0622 e. The number of benzene rings is 4. The lowest BCUT2D eigenvalue weighted by atomic mass is 9.98. The van der Waals surface area contributed by atoms with Gasteiger partial charge in [0.2, 0.25) is 0 Å². The van der Waals surface area contributed by atoms with Crippen molar-refractivity contribution in [3.63, 3.8) is 0 Å². The molecule has 0 radical (unpaired) electrons. The van der Waals surface area contributed by atoms with Crippen molar-refractivity contribution in [3.05, 3.63) is 83.3 Å². The minimum absolute atomic E-state index is 1.16. The molecule has 0 unspecified atom stereocenters. The molecule has 0 fully saturated rings. The molecule has 4 aromatic rings. The second kappa shape index (κ2) is 5.01. The highest BCUT2D eigenvalue weighted by Crippen LogP contribution is 2.36. The third-order valence-electron chi connectivity index (χ3n) is 3.91. The van der Waals surface area contributed by atoms with Crippen LogP contribution < -0.4 is 0 Å². The summed E-state index contributed by atoms with van der Waals surface area (Å²) < 4.78 is 1.16. The fourth-order valence-electron chi connectivity index (χ4n) is 2.82. The SMILES string of the molecule is Brc1c(-c2ccccc2)ccc2cc3ccccc3cc12. The van der Waals surface area contributed by atoms with E-state index >= 15 is 0 Å². The van der Waals surface area contributed by atoms with E-state index in [1.54, 1.807) is 0 Å². The average molecular weight is 333 g/mol. The van der Waals surface area contributed by atoms with Crippen molar-refractivity contribution in [1.29, 1.82) is 0 Å². The zero-order valence-electron chi connectivity index (χ0n) is 11.4. The first-order valence-corrected chi connectivity index (χ1v) is 7.79. The second-order valence-corrected chi connectivity index (χ2v) is 6.01. The quantitative estimate of drug-likeness (QED) is 0.352. The fraction of sp³-hybridized carbons (Fsp3) is 0. The van der Waals surface area contributed by atoms with Gasteiger partial charge in [0, 0.05) is 4.47 Å². The maximum absolute atomic E-state index is 3.80. The molecule has 0 bridgehead atoms. The summed E-state index contributed by atoms with van der Waals surface area (Å²) in [6.07, 6.45) is 0. The fourth-order valence-corrected chi connectivity index (χ4v) is 3.52. The lowest BCUT2D eigenvalue weighted by Crippen LogP contribution is -1.83. The van der Waals surface area contributed by atoms with Crippen LogP contribution in [0.1, 0.15) is 0 Å². The zero-order valence-corrected chi connectivity index (χ0v) is 13.0. The van der Waals surface area contributed by atoms with Crippen molar-refractivity contribution in [3.8, 4) is 11.1 Å². The van der Waals surface area contributed by atoms with E-state index in [0.717, 1.165) is 4.47 Å². The molecule has 0 aliphatic heterocycles. The Morgan fingerprint density at radius 1 is 0.571 bits per heavy atom. The molecule has 0 atom stereocenters. The minimum Gasteiger partial charge on any atom is -0.0622 e. The molecule has 1 heteroatoms. The van der Waals surface area contributed by atoms with Gasteiger partial charge in [-0.15, -0.1) is 0 Å². The van der Waals surface area contributed by atoms with Gasteiger partial charge in [-0.05, 0) is 60.7 Å². The highest BCUT2D eigenvalue weighted by Gasteiger charge is 2.08. The van der Waals surface area contributed by atoms with Crippen LogP contribution in [0.2, 0.25) is 0 Å². The second-order valence-electron chi connectivity index (χ2n) is 5.21. The maximum Gasteiger partial charge on any atom is 0.0332 e. The minimum atomic E-state index is 1.16. The van der Waals surface area contributed by atoms with Gasteiger partial charge in [-0.2, -0.15) is 0 Å². The first-order chi connectivity index (χ1) is 10.3. The highest BCUT2D eigenvalue weighted by atomic mass is 79.9. The molecule has 0 nitrogen and oxygen atoms in total. The molecule has 21 heavy (non-hydrogen) atoms. The summed E-state index contributed by atoms with van der Waals surface area (Å²) in [7, 11) is 0. The van der Waals surface area contributed by atoms with Gasteiger partial charge < -0.3 is 0 Å². The monoisotopic (exact) mass is 332 g/mol. The van der Waals surface area contributed by atoms with Gasteiger partial charge in [-0.25, -0.2) is 0 Å². The summed E-state index contributed by atoms with van der Waals surface area (Å²) in [5.74, 6) is 0. The molecule has 0 aromatic heterocycles. The van der Waals surface area contributed by atoms with E-state index in [1.807, 2.05) is 6.07 Å². The number of rotatable bonds is 1. The van der Waals surface area contributed by atoms with Crippen molar-refractivity contribution < 1.29 is 0 Å². The molecule has 4 aromatic carbocycles. The van der Waals surface area contributed by atoms with E-state index in [2.05, 4.69) is 88.7 Å². The molecular weight excluding hydrogens is 320 g/mol. The number of hydrogen-bond acceptors (Lipinski definition) is 0.